The van der Waals surface area contributed by atoms with Gasteiger partial charge in [-0.15, -0.1) is 0 Å². The molecule has 0 saturated heterocycles. The van der Waals surface area contributed by atoms with Crippen molar-refractivity contribution >= 4 is 11.9 Å². The lowest BCUT2D eigenvalue weighted by molar-refractivity contribution is 0.397. The van der Waals surface area contributed by atoms with Gasteiger partial charge in [-0.25, -0.2) is 0 Å². The minimum atomic E-state index is 0.0436. The van der Waals surface area contributed by atoms with Crippen molar-refractivity contribution in [1.29, 1.82) is 0 Å². The van der Waals surface area contributed by atoms with E-state index in [-0.39, 0.29) is 5.41 Å². The zero-order chi connectivity index (χ0) is 14.6. The van der Waals surface area contributed by atoms with Crippen LogP contribution in [0.15, 0.2) is 53.5 Å². The molecule has 0 N–H and O–H groups in total. The van der Waals surface area contributed by atoms with Crippen LogP contribution in [-0.4, -0.2) is 13.3 Å². The summed E-state index contributed by atoms with van der Waals surface area (Å²) in [6, 6.07) is 16.1. The average Bonchev–Trinajstić information content (AvgIpc) is 2.44. The molecule has 2 aromatic carbocycles. The molecule has 0 heterocycles. The highest BCUT2D eigenvalue weighted by atomic mass is 16.5. The molecule has 0 bridgehead atoms. The fourth-order valence-corrected chi connectivity index (χ4v) is 2.13. The second kappa shape index (κ2) is 5.91. The molecule has 0 unspecified atom stereocenters. The topological polar surface area (TPSA) is 21.6 Å². The average molecular weight is 267 g/mol. The zero-order valence-electron chi connectivity index (χ0n) is 12.6. The van der Waals surface area contributed by atoms with Crippen molar-refractivity contribution in [3.8, 4) is 5.75 Å². The van der Waals surface area contributed by atoms with Gasteiger partial charge in [-0.2, -0.15) is 0 Å². The van der Waals surface area contributed by atoms with Gasteiger partial charge < -0.3 is 4.74 Å². The Hall–Kier alpha value is -2.09. The molecular weight excluding hydrogens is 246 g/mol. The van der Waals surface area contributed by atoms with E-state index in [1.165, 1.54) is 5.56 Å². The van der Waals surface area contributed by atoms with Crippen LogP contribution in [0.4, 0.5) is 5.69 Å². The van der Waals surface area contributed by atoms with Gasteiger partial charge in [-0.1, -0.05) is 51.1 Å². The Kier molecular flexibility index (Phi) is 4.23. The quantitative estimate of drug-likeness (QED) is 0.736. The number of para-hydroxylation sites is 2. The highest BCUT2D eigenvalue weighted by Gasteiger charge is 2.20. The van der Waals surface area contributed by atoms with Crippen molar-refractivity contribution in [2.24, 2.45) is 4.99 Å². The highest BCUT2D eigenvalue weighted by Crippen LogP contribution is 2.33. The first-order valence-corrected chi connectivity index (χ1v) is 6.79. The summed E-state index contributed by atoms with van der Waals surface area (Å²) in [6.07, 6.45) is 1.86. The summed E-state index contributed by atoms with van der Waals surface area (Å²) >= 11 is 0. The van der Waals surface area contributed by atoms with Gasteiger partial charge in [0.15, 0.2) is 0 Å². The van der Waals surface area contributed by atoms with E-state index in [0.29, 0.717) is 0 Å². The van der Waals surface area contributed by atoms with Crippen molar-refractivity contribution in [3.63, 3.8) is 0 Å². The van der Waals surface area contributed by atoms with Crippen LogP contribution in [0.3, 0.4) is 0 Å². The van der Waals surface area contributed by atoms with Crippen LogP contribution in [0.1, 0.15) is 31.9 Å². The minimum Gasteiger partial charge on any atom is -0.496 e. The lowest BCUT2D eigenvalue weighted by Crippen LogP contribution is -2.13. The Bertz CT molecular complexity index is 595. The summed E-state index contributed by atoms with van der Waals surface area (Å²) in [5, 5.41) is 0. The first-order chi connectivity index (χ1) is 9.52. The third-order valence-corrected chi connectivity index (χ3v) is 3.17. The Morgan fingerprint density at radius 2 is 1.65 bits per heavy atom. The Morgan fingerprint density at radius 1 is 0.950 bits per heavy atom. The van der Waals surface area contributed by atoms with Crippen LogP contribution in [-0.2, 0) is 5.41 Å². The molecule has 0 fully saturated rings. The molecule has 2 rings (SSSR count). The second-order valence-corrected chi connectivity index (χ2v) is 5.77. The maximum Gasteiger partial charge on any atom is 0.131 e. The van der Waals surface area contributed by atoms with Gasteiger partial charge in [0.1, 0.15) is 5.75 Å². The molecular formula is C18H21NO. The number of hydrogen-bond donors (Lipinski definition) is 0. The standard InChI is InChI=1S/C18H21NO/c1-18(2,3)16-12-8-9-14(17(16)20-4)13-19-15-10-6-5-7-11-15/h5-13H,1-4H3. The van der Waals surface area contributed by atoms with E-state index in [9.17, 15) is 0 Å². The van der Waals surface area contributed by atoms with E-state index >= 15 is 0 Å². The van der Waals surface area contributed by atoms with Gasteiger partial charge in [0.25, 0.3) is 0 Å². The Balaban J connectivity index is 2.40. The van der Waals surface area contributed by atoms with E-state index in [0.717, 1.165) is 17.0 Å². The normalized spacial score (nSPS) is 11.8. The van der Waals surface area contributed by atoms with Crippen molar-refractivity contribution in [3.05, 3.63) is 59.7 Å². The number of nitrogens with zero attached hydrogens (tertiary/aromatic N) is 1. The lowest BCUT2D eigenvalue weighted by atomic mass is 9.85. The summed E-state index contributed by atoms with van der Waals surface area (Å²) in [5.74, 6) is 0.902. The van der Waals surface area contributed by atoms with E-state index < -0.39 is 0 Å². The fraction of sp³-hybridized carbons (Fsp3) is 0.278. The van der Waals surface area contributed by atoms with Crippen LogP contribution < -0.4 is 4.74 Å². The second-order valence-electron chi connectivity index (χ2n) is 5.77. The highest BCUT2D eigenvalue weighted by molar-refractivity contribution is 5.86. The lowest BCUT2D eigenvalue weighted by Gasteiger charge is -2.23. The van der Waals surface area contributed by atoms with Crippen molar-refractivity contribution in [2.45, 2.75) is 26.2 Å². The first-order valence-electron chi connectivity index (χ1n) is 6.79. The summed E-state index contributed by atoms with van der Waals surface area (Å²) in [5.41, 5.74) is 3.18. The summed E-state index contributed by atoms with van der Waals surface area (Å²) < 4.78 is 5.60. The van der Waals surface area contributed by atoms with Crippen LogP contribution >= 0.6 is 0 Å². The number of benzene rings is 2. The van der Waals surface area contributed by atoms with Gasteiger partial charge in [-0.05, 0) is 23.6 Å². The molecule has 0 aliphatic rings. The van der Waals surface area contributed by atoms with Gasteiger partial charge in [0.2, 0.25) is 0 Å². The van der Waals surface area contributed by atoms with Crippen LogP contribution in [0.5, 0.6) is 5.75 Å². The van der Waals surface area contributed by atoms with Gasteiger partial charge in [-0.3, -0.25) is 4.99 Å². The molecule has 104 valence electrons. The number of aliphatic imine (C=N–C) groups is 1. The number of rotatable bonds is 3. The van der Waals surface area contributed by atoms with Gasteiger partial charge in [0, 0.05) is 17.3 Å². The van der Waals surface area contributed by atoms with Crippen molar-refractivity contribution < 1.29 is 4.74 Å². The minimum absolute atomic E-state index is 0.0436. The maximum absolute atomic E-state index is 5.60. The van der Waals surface area contributed by atoms with Crippen LogP contribution in [0.2, 0.25) is 0 Å². The Labute approximate surface area is 121 Å². The number of hydrogen-bond acceptors (Lipinski definition) is 2. The molecule has 0 aliphatic carbocycles. The molecule has 0 amide bonds. The first kappa shape index (κ1) is 14.3. The smallest absolute Gasteiger partial charge is 0.131 e. The van der Waals surface area contributed by atoms with E-state index in [2.05, 4.69) is 37.9 Å². The van der Waals surface area contributed by atoms with E-state index in [1.54, 1.807) is 7.11 Å². The summed E-state index contributed by atoms with van der Waals surface area (Å²) in [6.45, 7) is 6.55. The number of methoxy groups -OCH3 is 1. The largest absolute Gasteiger partial charge is 0.496 e. The van der Waals surface area contributed by atoms with Crippen LogP contribution in [0.25, 0.3) is 0 Å². The predicted octanol–water partition coefficient (Wildman–Crippen LogP) is 4.74. The van der Waals surface area contributed by atoms with E-state index in [4.69, 9.17) is 4.74 Å². The molecule has 0 spiro atoms. The molecule has 2 aromatic rings. The van der Waals surface area contributed by atoms with Crippen molar-refractivity contribution in [1.82, 2.24) is 0 Å². The number of ether oxygens (including phenoxy) is 1. The maximum atomic E-state index is 5.60. The molecule has 2 nitrogen and oxygen atoms in total. The molecule has 2 heteroatoms. The summed E-state index contributed by atoms with van der Waals surface area (Å²) in [7, 11) is 1.71. The van der Waals surface area contributed by atoms with Gasteiger partial charge >= 0.3 is 0 Å². The monoisotopic (exact) mass is 267 g/mol. The van der Waals surface area contributed by atoms with E-state index in [1.807, 2.05) is 42.6 Å². The van der Waals surface area contributed by atoms with Crippen LogP contribution in [0, 0.1) is 0 Å². The summed E-state index contributed by atoms with van der Waals surface area (Å²) in [4.78, 5) is 4.50. The van der Waals surface area contributed by atoms with Gasteiger partial charge in [0.05, 0.1) is 12.8 Å². The molecule has 0 aliphatic heterocycles. The zero-order valence-corrected chi connectivity index (χ0v) is 12.6. The molecule has 0 aromatic heterocycles. The molecule has 0 radical (unpaired) electrons. The molecule has 20 heavy (non-hydrogen) atoms. The van der Waals surface area contributed by atoms with Crippen molar-refractivity contribution in [2.75, 3.05) is 7.11 Å². The molecule has 0 atom stereocenters. The Morgan fingerprint density at radius 3 is 2.25 bits per heavy atom. The third kappa shape index (κ3) is 3.27. The SMILES string of the molecule is COc1c(C=Nc2ccccc2)cccc1C(C)(C)C. The predicted molar refractivity (Wildman–Crippen MR) is 85.4 cm³/mol. The fourth-order valence-electron chi connectivity index (χ4n) is 2.13. The molecule has 0 saturated carbocycles. The third-order valence-electron chi connectivity index (χ3n) is 3.17.